The zero-order chi connectivity index (χ0) is 13.0. The van der Waals surface area contributed by atoms with Crippen molar-refractivity contribution in [1.82, 2.24) is 4.98 Å². The average Bonchev–Trinajstić information content (AvgIpc) is 2.89. The molecule has 4 heteroatoms. The Balaban J connectivity index is 2.18. The minimum absolute atomic E-state index is 0.282. The lowest BCUT2D eigenvalue weighted by molar-refractivity contribution is 0.398. The molecule has 2 rings (SSSR count). The van der Waals surface area contributed by atoms with Gasteiger partial charge in [-0.2, -0.15) is 4.98 Å². The zero-order valence-corrected chi connectivity index (χ0v) is 11.7. The fourth-order valence-electron chi connectivity index (χ4n) is 1.80. The first-order valence-electron chi connectivity index (χ1n) is 6.01. The van der Waals surface area contributed by atoms with Gasteiger partial charge in [0.15, 0.2) is 0 Å². The Hall–Kier alpha value is -1.55. The fourth-order valence-corrected chi connectivity index (χ4v) is 2.75. The Bertz CT molecular complexity index is 482. The molecule has 1 unspecified atom stereocenters. The van der Waals surface area contributed by atoms with E-state index in [1.807, 2.05) is 18.2 Å². The van der Waals surface area contributed by atoms with Gasteiger partial charge in [0.25, 0.3) is 0 Å². The van der Waals surface area contributed by atoms with Crippen LogP contribution in [-0.2, 0) is 0 Å². The topological polar surface area (TPSA) is 34.1 Å². The van der Waals surface area contributed by atoms with E-state index in [1.54, 1.807) is 18.4 Å². The molecule has 18 heavy (non-hydrogen) atoms. The van der Waals surface area contributed by atoms with E-state index < -0.39 is 0 Å². The highest BCUT2D eigenvalue weighted by molar-refractivity contribution is 7.10. The van der Waals surface area contributed by atoms with Crippen LogP contribution >= 0.6 is 11.3 Å². The monoisotopic (exact) mass is 262 g/mol. The maximum Gasteiger partial charge on any atom is 0.214 e. The molecule has 0 saturated heterocycles. The molecule has 2 heterocycles. The largest absolute Gasteiger partial charge is 0.481 e. The summed E-state index contributed by atoms with van der Waals surface area (Å²) in [6, 6.07) is 10.3. The minimum Gasteiger partial charge on any atom is -0.481 e. The molecule has 0 aliphatic heterocycles. The van der Waals surface area contributed by atoms with Gasteiger partial charge in [0.05, 0.1) is 13.2 Å². The molecule has 0 amide bonds. The van der Waals surface area contributed by atoms with Crippen LogP contribution in [-0.4, -0.2) is 12.1 Å². The smallest absolute Gasteiger partial charge is 0.214 e. The molecule has 2 aromatic heterocycles. The second-order valence-corrected chi connectivity index (χ2v) is 5.43. The predicted molar refractivity (Wildman–Crippen MR) is 76.3 cm³/mol. The van der Waals surface area contributed by atoms with Gasteiger partial charge in [0, 0.05) is 10.9 Å². The van der Waals surface area contributed by atoms with Crippen LogP contribution < -0.4 is 10.1 Å². The van der Waals surface area contributed by atoms with Crippen molar-refractivity contribution in [3.8, 4) is 5.88 Å². The third-order valence-corrected chi connectivity index (χ3v) is 3.71. The van der Waals surface area contributed by atoms with Gasteiger partial charge < -0.3 is 10.1 Å². The lowest BCUT2D eigenvalue weighted by Crippen LogP contribution is -2.16. The first kappa shape index (κ1) is 12.9. The highest BCUT2D eigenvalue weighted by atomic mass is 32.1. The molecule has 0 aromatic carbocycles. The van der Waals surface area contributed by atoms with Crippen molar-refractivity contribution in [2.45, 2.75) is 19.9 Å². The van der Waals surface area contributed by atoms with Gasteiger partial charge >= 0.3 is 0 Å². The number of thiophene rings is 1. The molecule has 2 aromatic rings. The number of pyridine rings is 1. The molecule has 0 aliphatic carbocycles. The molecule has 0 fully saturated rings. The molecule has 0 saturated carbocycles. The number of hydrogen-bond acceptors (Lipinski definition) is 4. The third-order valence-electron chi connectivity index (χ3n) is 2.75. The molecule has 1 atom stereocenters. The second kappa shape index (κ2) is 5.87. The fraction of sp³-hybridized carbons (Fsp3) is 0.357. The van der Waals surface area contributed by atoms with E-state index in [9.17, 15) is 0 Å². The molecule has 0 spiro atoms. The van der Waals surface area contributed by atoms with Gasteiger partial charge in [-0.3, -0.25) is 0 Å². The van der Waals surface area contributed by atoms with E-state index in [1.165, 1.54) is 4.88 Å². The summed E-state index contributed by atoms with van der Waals surface area (Å²) in [6.45, 7) is 4.41. The molecular weight excluding hydrogens is 244 g/mol. The van der Waals surface area contributed by atoms with Crippen LogP contribution in [0.5, 0.6) is 5.88 Å². The number of rotatable bonds is 5. The Morgan fingerprint density at radius 3 is 2.67 bits per heavy atom. The molecular formula is C14H18N2OS. The molecule has 0 radical (unpaired) electrons. The van der Waals surface area contributed by atoms with Crippen molar-refractivity contribution in [3.63, 3.8) is 0 Å². The number of nitrogens with one attached hydrogen (secondary N) is 1. The second-order valence-electron chi connectivity index (χ2n) is 4.45. The van der Waals surface area contributed by atoms with E-state index >= 15 is 0 Å². The van der Waals surface area contributed by atoms with Crippen LogP contribution in [0.15, 0.2) is 35.7 Å². The van der Waals surface area contributed by atoms with Crippen LogP contribution in [0.25, 0.3) is 0 Å². The van der Waals surface area contributed by atoms with Crippen LogP contribution in [0, 0.1) is 5.92 Å². The Morgan fingerprint density at radius 1 is 1.22 bits per heavy atom. The number of methoxy groups -OCH3 is 1. The summed E-state index contributed by atoms with van der Waals surface area (Å²) in [5.41, 5.74) is 0. The summed E-state index contributed by atoms with van der Waals surface area (Å²) in [5.74, 6) is 1.98. The van der Waals surface area contributed by atoms with E-state index in [0.717, 1.165) is 5.82 Å². The molecule has 0 bridgehead atoms. The van der Waals surface area contributed by atoms with E-state index in [4.69, 9.17) is 4.74 Å². The maximum atomic E-state index is 5.14. The van der Waals surface area contributed by atoms with Crippen LogP contribution in [0.1, 0.15) is 24.8 Å². The van der Waals surface area contributed by atoms with Crippen molar-refractivity contribution in [2.24, 2.45) is 5.92 Å². The highest BCUT2D eigenvalue weighted by Gasteiger charge is 2.17. The molecule has 1 N–H and O–H groups in total. The first-order chi connectivity index (χ1) is 8.70. The van der Waals surface area contributed by atoms with Crippen LogP contribution in [0.4, 0.5) is 5.82 Å². The lowest BCUT2D eigenvalue weighted by atomic mass is 10.0. The van der Waals surface area contributed by atoms with Crippen molar-refractivity contribution >= 4 is 17.2 Å². The van der Waals surface area contributed by atoms with Gasteiger partial charge in [-0.15, -0.1) is 11.3 Å². The van der Waals surface area contributed by atoms with E-state index in [0.29, 0.717) is 11.8 Å². The van der Waals surface area contributed by atoms with Gasteiger partial charge in [-0.05, 0) is 23.4 Å². The van der Waals surface area contributed by atoms with Crippen LogP contribution in [0.2, 0.25) is 0 Å². The van der Waals surface area contributed by atoms with Crippen LogP contribution in [0.3, 0.4) is 0 Å². The number of ether oxygens (including phenoxy) is 1. The summed E-state index contributed by atoms with van der Waals surface area (Å²) in [7, 11) is 1.63. The Kier molecular flexibility index (Phi) is 4.20. The van der Waals surface area contributed by atoms with Crippen molar-refractivity contribution in [3.05, 3.63) is 40.6 Å². The number of hydrogen-bond donors (Lipinski definition) is 1. The molecule has 96 valence electrons. The molecule has 3 nitrogen and oxygen atoms in total. The summed E-state index contributed by atoms with van der Waals surface area (Å²) < 4.78 is 5.14. The molecule has 0 aliphatic rings. The highest BCUT2D eigenvalue weighted by Crippen LogP contribution is 2.29. The summed E-state index contributed by atoms with van der Waals surface area (Å²) in [4.78, 5) is 5.72. The van der Waals surface area contributed by atoms with Gasteiger partial charge in [0.2, 0.25) is 5.88 Å². The minimum atomic E-state index is 0.282. The number of nitrogens with zero attached hydrogens (tertiary/aromatic N) is 1. The first-order valence-corrected chi connectivity index (χ1v) is 6.89. The zero-order valence-electron chi connectivity index (χ0n) is 10.9. The third kappa shape index (κ3) is 3.01. The standard InChI is InChI=1S/C14H18N2OS/c1-10(2)14(11-6-5-9-18-11)16-12-7-4-8-13(15-12)17-3/h4-10,14H,1-3H3,(H,15,16). The van der Waals surface area contributed by atoms with E-state index in [-0.39, 0.29) is 6.04 Å². The van der Waals surface area contributed by atoms with Gasteiger partial charge in [0.1, 0.15) is 5.82 Å². The van der Waals surface area contributed by atoms with Gasteiger partial charge in [-0.1, -0.05) is 26.0 Å². The Labute approximate surface area is 112 Å². The maximum absolute atomic E-state index is 5.14. The summed E-state index contributed by atoms with van der Waals surface area (Å²) in [5, 5.41) is 5.58. The van der Waals surface area contributed by atoms with Crippen molar-refractivity contribution < 1.29 is 4.74 Å². The normalized spacial score (nSPS) is 12.4. The van der Waals surface area contributed by atoms with Crippen molar-refractivity contribution in [2.75, 3.05) is 12.4 Å². The predicted octanol–water partition coefficient (Wildman–Crippen LogP) is 3.96. The Morgan fingerprint density at radius 2 is 2.06 bits per heavy atom. The average molecular weight is 262 g/mol. The van der Waals surface area contributed by atoms with Crippen molar-refractivity contribution in [1.29, 1.82) is 0 Å². The SMILES string of the molecule is COc1cccc(NC(c2cccs2)C(C)C)n1. The summed E-state index contributed by atoms with van der Waals surface area (Å²) in [6.07, 6.45) is 0. The summed E-state index contributed by atoms with van der Waals surface area (Å²) >= 11 is 1.77. The quantitative estimate of drug-likeness (QED) is 0.885. The number of anilines is 1. The van der Waals surface area contributed by atoms with E-state index in [2.05, 4.69) is 41.7 Å². The lowest BCUT2D eigenvalue weighted by Gasteiger charge is -2.22. The number of aromatic nitrogens is 1. The van der Waals surface area contributed by atoms with Gasteiger partial charge in [-0.25, -0.2) is 0 Å².